The summed E-state index contributed by atoms with van der Waals surface area (Å²) in [5.74, 6) is -0.617. The maximum atomic E-state index is 12.2. The van der Waals surface area contributed by atoms with Gasteiger partial charge < -0.3 is 9.47 Å². The van der Waals surface area contributed by atoms with Crippen molar-refractivity contribution in [2.24, 2.45) is 0 Å². The molecule has 4 heteroatoms. The Morgan fingerprint density at radius 3 is 0.875 bits per heavy atom. The molecule has 0 aromatic heterocycles. The maximum Gasteiger partial charge on any atom is 0.333 e. The van der Waals surface area contributed by atoms with Gasteiger partial charge in [0, 0.05) is 11.1 Å². The van der Waals surface area contributed by atoms with Crippen molar-refractivity contribution in [2.45, 2.75) is 182 Å². The fourth-order valence-electron chi connectivity index (χ4n) is 4.83. The van der Waals surface area contributed by atoms with Gasteiger partial charge in [-0.05, 0) is 26.7 Å². The van der Waals surface area contributed by atoms with Crippen molar-refractivity contribution in [3.63, 3.8) is 0 Å². The summed E-state index contributed by atoms with van der Waals surface area (Å²) in [6.07, 6.45) is 34.2. The van der Waals surface area contributed by atoms with Crippen LogP contribution in [0.3, 0.4) is 0 Å². The van der Waals surface area contributed by atoms with E-state index in [0.717, 1.165) is 25.7 Å². The van der Waals surface area contributed by atoms with E-state index in [1.807, 2.05) is 0 Å². The first kappa shape index (κ1) is 38.4. The van der Waals surface area contributed by atoms with Gasteiger partial charge in [0.15, 0.2) is 0 Å². The van der Waals surface area contributed by atoms with Gasteiger partial charge in [-0.15, -0.1) is 0 Å². The van der Waals surface area contributed by atoms with Gasteiger partial charge in [-0.3, -0.25) is 0 Å². The van der Waals surface area contributed by atoms with E-state index in [4.69, 9.17) is 9.47 Å². The summed E-state index contributed by atoms with van der Waals surface area (Å²) in [5.41, 5.74) is 1.01. The summed E-state index contributed by atoms with van der Waals surface area (Å²) >= 11 is 0. The molecule has 0 heterocycles. The van der Waals surface area contributed by atoms with E-state index in [1.54, 1.807) is 26.0 Å². The number of carbonyl (C=O) groups excluding carboxylic acids is 2. The van der Waals surface area contributed by atoms with Crippen LogP contribution in [-0.2, 0) is 19.1 Å². The van der Waals surface area contributed by atoms with Gasteiger partial charge in [-0.1, -0.05) is 167 Å². The molecule has 0 fully saturated rings. The number of hydrogen-bond acceptors (Lipinski definition) is 4. The molecule has 0 aliphatic heterocycles. The van der Waals surface area contributed by atoms with Crippen molar-refractivity contribution >= 4 is 11.9 Å². The lowest BCUT2D eigenvalue weighted by molar-refractivity contribution is -0.140. The first-order chi connectivity index (χ1) is 19.5. The molecule has 0 aromatic rings. The lowest BCUT2D eigenvalue weighted by atomic mass is 10.0. The first-order valence-corrected chi connectivity index (χ1v) is 17.2. The second-order valence-corrected chi connectivity index (χ2v) is 11.7. The third-order valence-electron chi connectivity index (χ3n) is 7.69. The zero-order valence-electron chi connectivity index (χ0n) is 27.2. The van der Waals surface area contributed by atoms with E-state index >= 15 is 0 Å². The van der Waals surface area contributed by atoms with Crippen LogP contribution in [0.15, 0.2) is 23.3 Å². The lowest BCUT2D eigenvalue weighted by Crippen LogP contribution is -2.08. The third kappa shape index (κ3) is 26.6. The zero-order valence-corrected chi connectivity index (χ0v) is 27.2. The molecule has 0 spiro atoms. The minimum atomic E-state index is -0.309. The van der Waals surface area contributed by atoms with E-state index < -0.39 is 0 Å². The molecule has 0 aliphatic carbocycles. The number of rotatable bonds is 29. The minimum Gasteiger partial charge on any atom is -0.462 e. The molecule has 0 amide bonds. The molecular formula is C36H66O4. The van der Waals surface area contributed by atoms with Crippen LogP contribution in [0.2, 0.25) is 0 Å². The van der Waals surface area contributed by atoms with E-state index in [9.17, 15) is 9.59 Å². The Labute approximate surface area is 249 Å². The largest absolute Gasteiger partial charge is 0.462 e. The summed E-state index contributed by atoms with van der Waals surface area (Å²) < 4.78 is 10.8. The van der Waals surface area contributed by atoms with Gasteiger partial charge in [0.05, 0.1) is 13.2 Å². The van der Waals surface area contributed by atoms with Crippen molar-refractivity contribution in [1.82, 2.24) is 0 Å². The van der Waals surface area contributed by atoms with Crippen LogP contribution >= 0.6 is 0 Å². The van der Waals surface area contributed by atoms with Crippen LogP contribution in [0.4, 0.5) is 0 Å². The van der Waals surface area contributed by atoms with Crippen LogP contribution in [-0.4, -0.2) is 25.2 Å². The van der Waals surface area contributed by atoms with Gasteiger partial charge in [-0.25, -0.2) is 9.59 Å². The molecule has 0 N–H and O–H groups in total. The number of esters is 2. The van der Waals surface area contributed by atoms with Gasteiger partial charge in [0.1, 0.15) is 0 Å². The van der Waals surface area contributed by atoms with Gasteiger partial charge in [0.2, 0.25) is 0 Å². The topological polar surface area (TPSA) is 52.6 Å². The van der Waals surface area contributed by atoms with E-state index in [2.05, 4.69) is 13.8 Å². The summed E-state index contributed by atoms with van der Waals surface area (Å²) in [5, 5.41) is 0. The first-order valence-electron chi connectivity index (χ1n) is 17.2. The monoisotopic (exact) mass is 562 g/mol. The lowest BCUT2D eigenvalue weighted by Gasteiger charge is -2.06. The third-order valence-corrected chi connectivity index (χ3v) is 7.69. The average molecular weight is 563 g/mol. The van der Waals surface area contributed by atoms with Crippen molar-refractivity contribution in [1.29, 1.82) is 0 Å². The summed E-state index contributed by atoms with van der Waals surface area (Å²) in [6, 6.07) is 0. The Balaban J connectivity index is 3.71. The maximum absolute atomic E-state index is 12.2. The van der Waals surface area contributed by atoms with Gasteiger partial charge >= 0.3 is 11.9 Å². The fraction of sp³-hybridized carbons (Fsp3) is 0.833. The fourth-order valence-corrected chi connectivity index (χ4v) is 4.83. The van der Waals surface area contributed by atoms with Crippen LogP contribution in [0.1, 0.15) is 182 Å². The molecule has 4 nitrogen and oxygen atoms in total. The second-order valence-electron chi connectivity index (χ2n) is 11.7. The SMILES string of the molecule is CCCCCCCCCCCCCCCCOC(=O)/C(C)=C/C=C(\C)C(=O)OCCCCCCCCCCCC. The standard InChI is InChI=1S/C36H66O4/c1-5-7-9-11-13-15-17-18-19-20-22-24-26-28-32-40-36(38)34(4)30-29-33(3)35(37)39-31-27-25-23-21-16-14-12-10-8-6-2/h29-30H,5-28,31-32H2,1-4H3/b33-29+,34-30+. The average Bonchev–Trinajstić information content (AvgIpc) is 2.96. The van der Waals surface area contributed by atoms with Crippen LogP contribution in [0, 0.1) is 0 Å². The molecule has 0 aliphatic rings. The van der Waals surface area contributed by atoms with E-state index in [0.29, 0.717) is 24.4 Å². The molecule has 0 bridgehead atoms. The van der Waals surface area contributed by atoms with Gasteiger partial charge in [-0.2, -0.15) is 0 Å². The predicted molar refractivity (Wildman–Crippen MR) is 172 cm³/mol. The van der Waals surface area contributed by atoms with E-state index in [-0.39, 0.29) is 11.9 Å². The summed E-state index contributed by atoms with van der Waals surface area (Å²) in [6.45, 7) is 8.90. The number of unbranched alkanes of at least 4 members (excludes halogenated alkanes) is 22. The van der Waals surface area contributed by atoms with Crippen molar-refractivity contribution in [3.8, 4) is 0 Å². The molecule has 0 aromatic carbocycles. The number of hydrogen-bond donors (Lipinski definition) is 0. The summed E-state index contributed by atoms with van der Waals surface area (Å²) in [4.78, 5) is 24.4. The zero-order chi connectivity index (χ0) is 29.5. The quantitative estimate of drug-likeness (QED) is 0.0394. The molecule has 234 valence electrons. The predicted octanol–water partition coefficient (Wildman–Crippen LogP) is 11.4. The molecular weight excluding hydrogens is 496 g/mol. The van der Waals surface area contributed by atoms with Crippen LogP contribution < -0.4 is 0 Å². The highest BCUT2D eigenvalue weighted by molar-refractivity contribution is 5.90. The van der Waals surface area contributed by atoms with Crippen LogP contribution in [0.5, 0.6) is 0 Å². The minimum absolute atomic E-state index is 0.308. The Kier molecular flexibility index (Phi) is 29.2. The molecule has 0 rings (SSSR count). The number of ether oxygens (including phenoxy) is 2. The Bertz CT molecular complexity index is 649. The van der Waals surface area contributed by atoms with Crippen molar-refractivity contribution < 1.29 is 19.1 Å². The van der Waals surface area contributed by atoms with Crippen molar-refractivity contribution in [3.05, 3.63) is 23.3 Å². The smallest absolute Gasteiger partial charge is 0.333 e. The normalized spacial score (nSPS) is 12.1. The number of allylic oxidation sites excluding steroid dienone is 2. The van der Waals surface area contributed by atoms with Crippen LogP contribution in [0.25, 0.3) is 0 Å². The Morgan fingerprint density at radius 1 is 0.400 bits per heavy atom. The highest BCUT2D eigenvalue weighted by Gasteiger charge is 2.07. The molecule has 0 saturated heterocycles. The molecule has 0 saturated carbocycles. The Hall–Kier alpha value is -1.58. The Morgan fingerprint density at radius 2 is 0.625 bits per heavy atom. The highest BCUT2D eigenvalue weighted by atomic mass is 16.5. The molecule has 0 atom stereocenters. The highest BCUT2D eigenvalue weighted by Crippen LogP contribution is 2.14. The van der Waals surface area contributed by atoms with E-state index in [1.165, 1.54) is 128 Å². The second kappa shape index (κ2) is 30.4. The summed E-state index contributed by atoms with van der Waals surface area (Å²) in [7, 11) is 0. The molecule has 0 radical (unpaired) electrons. The number of carbonyl (C=O) groups is 2. The molecule has 40 heavy (non-hydrogen) atoms. The molecule has 0 unspecified atom stereocenters. The van der Waals surface area contributed by atoms with Gasteiger partial charge in [0.25, 0.3) is 0 Å². The van der Waals surface area contributed by atoms with Crippen molar-refractivity contribution in [2.75, 3.05) is 13.2 Å².